The van der Waals surface area contributed by atoms with E-state index in [4.69, 9.17) is 16.3 Å². The average Bonchev–Trinajstić information content (AvgIpc) is 2.48. The summed E-state index contributed by atoms with van der Waals surface area (Å²) in [5.41, 5.74) is 1.29. The Morgan fingerprint density at radius 2 is 1.95 bits per heavy atom. The Morgan fingerprint density at radius 3 is 2.57 bits per heavy atom. The number of carbonyl (C=O) groups excluding carboxylic acids is 1. The molecule has 0 unspecified atom stereocenters. The summed E-state index contributed by atoms with van der Waals surface area (Å²) in [6, 6.07) is 10.5. The minimum atomic E-state index is -0.301. The molecular weight excluding hydrogens is 284 g/mol. The van der Waals surface area contributed by atoms with Gasteiger partial charge in [0.1, 0.15) is 12.0 Å². The van der Waals surface area contributed by atoms with Gasteiger partial charge in [-0.15, -0.1) is 11.6 Å². The van der Waals surface area contributed by atoms with Crippen molar-refractivity contribution in [3.8, 4) is 0 Å². The molecule has 0 aromatic heterocycles. The van der Waals surface area contributed by atoms with E-state index in [1.165, 1.54) is 12.0 Å². The second kappa shape index (κ2) is 6.83. The van der Waals surface area contributed by atoms with Crippen molar-refractivity contribution < 1.29 is 9.53 Å². The van der Waals surface area contributed by atoms with E-state index in [1.54, 1.807) is 0 Å². The molecule has 1 aliphatic carbocycles. The minimum Gasteiger partial charge on any atom is -0.461 e. The van der Waals surface area contributed by atoms with Gasteiger partial charge in [0.25, 0.3) is 0 Å². The second-order valence-corrected chi connectivity index (χ2v) is 7.04. The summed E-state index contributed by atoms with van der Waals surface area (Å²) in [6.45, 7) is 6.74. The van der Waals surface area contributed by atoms with Crippen LogP contribution in [0.5, 0.6) is 0 Å². The lowest BCUT2D eigenvalue weighted by Crippen LogP contribution is -2.43. The molecule has 1 fully saturated rings. The second-order valence-electron chi connectivity index (χ2n) is 6.77. The summed E-state index contributed by atoms with van der Waals surface area (Å²) < 4.78 is 5.66. The predicted octanol–water partition coefficient (Wildman–Crippen LogP) is 4.55. The van der Waals surface area contributed by atoms with Crippen molar-refractivity contribution in [1.82, 2.24) is 0 Å². The zero-order chi connectivity index (χ0) is 15.5. The van der Waals surface area contributed by atoms with Gasteiger partial charge < -0.3 is 4.74 Å². The number of benzene rings is 1. The van der Waals surface area contributed by atoms with Crippen LogP contribution in [0.3, 0.4) is 0 Å². The lowest BCUT2D eigenvalue weighted by molar-refractivity contribution is -0.153. The van der Waals surface area contributed by atoms with Gasteiger partial charge in [0.15, 0.2) is 0 Å². The summed E-state index contributed by atoms with van der Waals surface area (Å²) in [7, 11) is 0. The molecule has 0 radical (unpaired) electrons. The summed E-state index contributed by atoms with van der Waals surface area (Å²) in [6.07, 6.45) is 3.18. The summed E-state index contributed by atoms with van der Waals surface area (Å²) in [5, 5.41) is 0. The topological polar surface area (TPSA) is 26.3 Å². The van der Waals surface area contributed by atoms with Crippen LogP contribution in [0.1, 0.15) is 45.6 Å². The number of hydrogen-bond donors (Lipinski definition) is 0. The molecule has 21 heavy (non-hydrogen) atoms. The van der Waals surface area contributed by atoms with Crippen molar-refractivity contribution in [3.05, 3.63) is 35.9 Å². The molecule has 0 saturated heterocycles. The molecule has 1 aromatic carbocycles. The lowest BCUT2D eigenvalue weighted by atomic mass is 9.64. The van der Waals surface area contributed by atoms with Crippen LogP contribution in [0.15, 0.2) is 30.3 Å². The maximum atomic E-state index is 11.6. The van der Waals surface area contributed by atoms with Crippen molar-refractivity contribution in [3.63, 3.8) is 0 Å². The molecule has 0 bridgehead atoms. The van der Waals surface area contributed by atoms with E-state index in [2.05, 4.69) is 45.0 Å². The molecule has 2 nitrogen and oxygen atoms in total. The predicted molar refractivity (Wildman–Crippen MR) is 86.6 cm³/mol. The fourth-order valence-corrected chi connectivity index (χ4v) is 3.63. The molecule has 1 aliphatic rings. The fraction of sp³-hybridized carbons (Fsp3) is 0.611. The number of halogens is 1. The molecule has 3 atom stereocenters. The molecule has 0 heterocycles. The van der Waals surface area contributed by atoms with Crippen molar-refractivity contribution in [2.45, 2.75) is 51.6 Å². The number of alkyl halides is 1. The van der Waals surface area contributed by atoms with Gasteiger partial charge in [-0.3, -0.25) is 4.79 Å². The average molecular weight is 309 g/mol. The highest BCUT2D eigenvalue weighted by atomic mass is 35.5. The van der Waals surface area contributed by atoms with Crippen molar-refractivity contribution in [2.24, 2.45) is 11.8 Å². The maximum absolute atomic E-state index is 11.6. The Bertz CT molecular complexity index is 469. The third-order valence-corrected chi connectivity index (χ3v) is 5.11. The maximum Gasteiger partial charge on any atom is 0.321 e. The third kappa shape index (κ3) is 3.79. The van der Waals surface area contributed by atoms with E-state index < -0.39 is 0 Å². The van der Waals surface area contributed by atoms with Gasteiger partial charge >= 0.3 is 5.97 Å². The first-order chi connectivity index (χ1) is 9.95. The Kier molecular flexibility index (Phi) is 5.32. The zero-order valence-electron chi connectivity index (χ0n) is 13.1. The quantitative estimate of drug-likeness (QED) is 0.602. The smallest absolute Gasteiger partial charge is 0.321 e. The molecule has 116 valence electrons. The molecule has 2 rings (SSSR count). The van der Waals surface area contributed by atoms with E-state index in [0.29, 0.717) is 11.8 Å². The van der Waals surface area contributed by atoms with Gasteiger partial charge in [-0.2, -0.15) is 0 Å². The van der Waals surface area contributed by atoms with Gasteiger partial charge in [-0.1, -0.05) is 57.5 Å². The molecular formula is C18H25ClO2. The van der Waals surface area contributed by atoms with Crippen LogP contribution < -0.4 is 0 Å². The third-order valence-electron chi connectivity index (χ3n) is 4.89. The lowest BCUT2D eigenvalue weighted by Gasteiger charge is -2.43. The molecule has 0 amide bonds. The highest BCUT2D eigenvalue weighted by molar-refractivity contribution is 6.26. The Balaban J connectivity index is 2.23. The van der Waals surface area contributed by atoms with Crippen LogP contribution in [-0.2, 0) is 14.9 Å². The number of ether oxygens (including phenoxy) is 1. The first kappa shape index (κ1) is 16.4. The van der Waals surface area contributed by atoms with Crippen molar-refractivity contribution in [1.29, 1.82) is 0 Å². The molecule has 0 N–H and O–H groups in total. The molecule has 1 aromatic rings. The monoisotopic (exact) mass is 308 g/mol. The fourth-order valence-electron chi connectivity index (χ4n) is 3.57. The van der Waals surface area contributed by atoms with Crippen LogP contribution in [0.4, 0.5) is 0 Å². The molecule has 3 heteroatoms. The standard InChI is InChI=1S/C18H25ClO2/c1-13-9-10-15(16(11-13)21-17(20)12-19)18(2,3)14-7-5-4-6-8-14/h4-8,13,15-16H,9-12H2,1-3H3/t13-,15+,16-/m0/s1. The van der Waals surface area contributed by atoms with Crippen LogP contribution >= 0.6 is 11.6 Å². The van der Waals surface area contributed by atoms with Crippen LogP contribution in [0, 0.1) is 11.8 Å². The molecule has 1 saturated carbocycles. The summed E-state index contributed by atoms with van der Waals surface area (Å²) in [5.74, 6) is 0.567. The highest BCUT2D eigenvalue weighted by Crippen LogP contribution is 2.43. The summed E-state index contributed by atoms with van der Waals surface area (Å²) in [4.78, 5) is 11.6. The van der Waals surface area contributed by atoms with Crippen LogP contribution in [0.25, 0.3) is 0 Å². The minimum absolute atomic E-state index is 0.0152. The molecule has 0 spiro atoms. The van der Waals surface area contributed by atoms with Gasteiger partial charge in [-0.25, -0.2) is 0 Å². The van der Waals surface area contributed by atoms with E-state index in [-0.39, 0.29) is 23.4 Å². The Hall–Kier alpha value is -1.02. The largest absolute Gasteiger partial charge is 0.461 e. The SMILES string of the molecule is C[C@H]1CC[C@@H](C(C)(C)c2ccccc2)[C@@H](OC(=O)CCl)C1. The van der Waals surface area contributed by atoms with Gasteiger partial charge in [-0.05, 0) is 29.7 Å². The van der Waals surface area contributed by atoms with Crippen molar-refractivity contribution >= 4 is 17.6 Å². The number of rotatable bonds is 4. The summed E-state index contributed by atoms with van der Waals surface area (Å²) >= 11 is 5.61. The van der Waals surface area contributed by atoms with E-state index in [1.807, 2.05) is 6.07 Å². The van der Waals surface area contributed by atoms with Crippen LogP contribution in [0.2, 0.25) is 0 Å². The number of esters is 1. The molecule has 0 aliphatic heterocycles. The first-order valence-corrected chi connectivity index (χ1v) is 8.29. The van der Waals surface area contributed by atoms with E-state index in [0.717, 1.165) is 12.8 Å². The van der Waals surface area contributed by atoms with Gasteiger partial charge in [0.05, 0.1) is 0 Å². The first-order valence-electron chi connectivity index (χ1n) is 7.76. The number of hydrogen-bond acceptors (Lipinski definition) is 2. The zero-order valence-corrected chi connectivity index (χ0v) is 13.9. The van der Waals surface area contributed by atoms with Gasteiger partial charge in [0, 0.05) is 5.92 Å². The van der Waals surface area contributed by atoms with E-state index in [9.17, 15) is 4.79 Å². The van der Waals surface area contributed by atoms with Crippen molar-refractivity contribution in [2.75, 3.05) is 5.88 Å². The van der Waals surface area contributed by atoms with Gasteiger partial charge in [0.2, 0.25) is 0 Å². The highest BCUT2D eigenvalue weighted by Gasteiger charge is 2.41. The Labute approximate surface area is 132 Å². The normalized spacial score (nSPS) is 26.4. The number of carbonyl (C=O) groups is 1. The van der Waals surface area contributed by atoms with E-state index >= 15 is 0 Å². The van der Waals surface area contributed by atoms with Crippen LogP contribution in [-0.4, -0.2) is 18.0 Å². The Morgan fingerprint density at radius 1 is 1.29 bits per heavy atom.